The summed E-state index contributed by atoms with van der Waals surface area (Å²) in [6.07, 6.45) is 1.55. The fourth-order valence-corrected chi connectivity index (χ4v) is 3.23. The summed E-state index contributed by atoms with van der Waals surface area (Å²) >= 11 is 0. The highest BCUT2D eigenvalue weighted by Gasteiger charge is 2.21. The molecule has 0 radical (unpaired) electrons. The smallest absolute Gasteiger partial charge is 0.257 e. The maximum absolute atomic E-state index is 13.1. The molecule has 1 aliphatic rings. The molecule has 3 aromatic rings. The van der Waals surface area contributed by atoms with Gasteiger partial charge in [0, 0.05) is 24.7 Å². The van der Waals surface area contributed by atoms with Crippen LogP contribution < -0.4 is 14.2 Å². The molecule has 2 heterocycles. The molecule has 0 unspecified atom stereocenters. The zero-order chi connectivity index (χ0) is 19.5. The summed E-state index contributed by atoms with van der Waals surface area (Å²) in [6, 6.07) is 13.2. The Bertz CT molecular complexity index is 999. The Balaban J connectivity index is 1.59. The second-order valence-corrected chi connectivity index (χ2v) is 6.49. The molecule has 0 saturated heterocycles. The van der Waals surface area contributed by atoms with Crippen molar-refractivity contribution in [3.05, 3.63) is 59.8 Å². The molecule has 0 fully saturated rings. The van der Waals surface area contributed by atoms with Crippen molar-refractivity contribution in [1.29, 1.82) is 0 Å². The number of carbonyl (C=O) groups excluding carboxylic acids is 1. The molecule has 0 saturated carbocycles. The average Bonchev–Trinajstić information content (AvgIpc) is 3.23. The van der Waals surface area contributed by atoms with Crippen molar-refractivity contribution in [1.82, 2.24) is 15.1 Å². The third kappa shape index (κ3) is 3.38. The van der Waals surface area contributed by atoms with Crippen LogP contribution in [0.3, 0.4) is 0 Å². The summed E-state index contributed by atoms with van der Waals surface area (Å²) in [4.78, 5) is 14.7. The van der Waals surface area contributed by atoms with E-state index in [0.29, 0.717) is 42.5 Å². The van der Waals surface area contributed by atoms with Crippen molar-refractivity contribution in [2.45, 2.75) is 6.54 Å². The molecule has 7 nitrogen and oxygen atoms in total. The van der Waals surface area contributed by atoms with E-state index < -0.39 is 0 Å². The lowest BCUT2D eigenvalue weighted by Gasteiger charge is -2.20. The number of fused-ring (bicyclic) bond motifs is 1. The number of methoxy groups -OCH3 is 1. The first-order chi connectivity index (χ1) is 13.7. The van der Waals surface area contributed by atoms with Gasteiger partial charge in [0.2, 0.25) is 0 Å². The van der Waals surface area contributed by atoms with Gasteiger partial charge < -0.3 is 19.1 Å². The van der Waals surface area contributed by atoms with E-state index in [1.165, 1.54) is 0 Å². The lowest BCUT2D eigenvalue weighted by atomic mass is 10.1. The molecule has 28 heavy (non-hydrogen) atoms. The van der Waals surface area contributed by atoms with E-state index in [-0.39, 0.29) is 5.91 Å². The highest BCUT2D eigenvalue weighted by molar-refractivity contribution is 5.99. The molecule has 0 atom stereocenters. The summed E-state index contributed by atoms with van der Waals surface area (Å²) in [5.74, 6) is 1.99. The van der Waals surface area contributed by atoms with Crippen molar-refractivity contribution in [2.75, 3.05) is 27.4 Å². The Morgan fingerprint density at radius 2 is 1.96 bits per heavy atom. The van der Waals surface area contributed by atoms with Crippen LogP contribution in [0.25, 0.3) is 11.3 Å². The Hall–Kier alpha value is -3.48. The van der Waals surface area contributed by atoms with Crippen LogP contribution in [0.2, 0.25) is 0 Å². The van der Waals surface area contributed by atoms with Gasteiger partial charge in [0.15, 0.2) is 11.5 Å². The number of hydrogen-bond acceptors (Lipinski definition) is 5. The van der Waals surface area contributed by atoms with Crippen LogP contribution in [0.4, 0.5) is 0 Å². The van der Waals surface area contributed by atoms with Crippen LogP contribution in [-0.4, -0.2) is 48.4 Å². The predicted molar refractivity (Wildman–Crippen MR) is 104 cm³/mol. The van der Waals surface area contributed by atoms with Gasteiger partial charge in [-0.15, -0.1) is 0 Å². The molecule has 0 aliphatic carbocycles. The van der Waals surface area contributed by atoms with E-state index in [4.69, 9.17) is 14.2 Å². The Morgan fingerprint density at radius 1 is 1.18 bits per heavy atom. The number of H-pyrrole nitrogens is 1. The fourth-order valence-electron chi connectivity index (χ4n) is 3.23. The third-order valence-electron chi connectivity index (χ3n) is 4.65. The monoisotopic (exact) mass is 379 g/mol. The topological polar surface area (TPSA) is 76.7 Å². The van der Waals surface area contributed by atoms with Gasteiger partial charge >= 0.3 is 0 Å². The number of aromatic nitrogens is 2. The molecule has 0 spiro atoms. The van der Waals surface area contributed by atoms with E-state index in [2.05, 4.69) is 10.2 Å². The number of carbonyl (C=O) groups is 1. The Morgan fingerprint density at radius 3 is 2.79 bits per heavy atom. The molecule has 144 valence electrons. The van der Waals surface area contributed by atoms with Crippen LogP contribution in [-0.2, 0) is 6.54 Å². The number of aromatic amines is 1. The van der Waals surface area contributed by atoms with Crippen LogP contribution in [0.1, 0.15) is 15.9 Å². The summed E-state index contributed by atoms with van der Waals surface area (Å²) < 4.78 is 16.6. The average molecular weight is 379 g/mol. The quantitative estimate of drug-likeness (QED) is 0.737. The predicted octanol–water partition coefficient (Wildman–Crippen LogP) is 3.13. The zero-order valence-corrected chi connectivity index (χ0v) is 15.8. The van der Waals surface area contributed by atoms with Crippen LogP contribution in [0, 0.1) is 0 Å². The first-order valence-electron chi connectivity index (χ1n) is 8.98. The number of amides is 1. The molecule has 4 rings (SSSR count). The molecule has 7 heteroatoms. The molecule has 1 amide bonds. The van der Waals surface area contributed by atoms with Crippen LogP contribution in [0.15, 0.2) is 48.7 Å². The zero-order valence-electron chi connectivity index (χ0n) is 15.8. The summed E-state index contributed by atoms with van der Waals surface area (Å²) in [5.41, 5.74) is 2.89. The minimum atomic E-state index is -0.135. The summed E-state index contributed by atoms with van der Waals surface area (Å²) in [5, 5.41) is 7.02. The minimum Gasteiger partial charge on any atom is -0.496 e. The van der Waals surface area contributed by atoms with Crippen LogP contribution >= 0.6 is 0 Å². The number of benzene rings is 2. The Labute approximate surface area is 162 Å². The molecule has 1 aliphatic heterocycles. The van der Waals surface area contributed by atoms with Gasteiger partial charge in [-0.2, -0.15) is 5.10 Å². The van der Waals surface area contributed by atoms with E-state index in [9.17, 15) is 4.79 Å². The van der Waals surface area contributed by atoms with Gasteiger partial charge in [-0.05, 0) is 24.3 Å². The Kier molecular flexibility index (Phi) is 4.89. The highest BCUT2D eigenvalue weighted by atomic mass is 16.6. The van der Waals surface area contributed by atoms with Crippen molar-refractivity contribution in [2.24, 2.45) is 0 Å². The van der Waals surface area contributed by atoms with Gasteiger partial charge in [-0.3, -0.25) is 9.89 Å². The second kappa shape index (κ2) is 7.64. The van der Waals surface area contributed by atoms with Gasteiger partial charge in [0.25, 0.3) is 5.91 Å². The van der Waals surface area contributed by atoms with Crippen molar-refractivity contribution >= 4 is 5.91 Å². The largest absolute Gasteiger partial charge is 0.496 e. The lowest BCUT2D eigenvalue weighted by molar-refractivity contribution is 0.0785. The maximum atomic E-state index is 13.1. The normalized spacial score (nSPS) is 12.5. The van der Waals surface area contributed by atoms with Gasteiger partial charge in [0.05, 0.1) is 24.6 Å². The number of para-hydroxylation sites is 1. The van der Waals surface area contributed by atoms with Crippen molar-refractivity contribution in [3.63, 3.8) is 0 Å². The lowest BCUT2D eigenvalue weighted by Crippen LogP contribution is -2.26. The maximum Gasteiger partial charge on any atom is 0.257 e. The van der Waals surface area contributed by atoms with E-state index in [1.54, 1.807) is 25.3 Å². The number of rotatable bonds is 5. The highest BCUT2D eigenvalue weighted by Crippen LogP contribution is 2.35. The molecule has 1 N–H and O–H groups in total. The second-order valence-electron chi connectivity index (χ2n) is 6.49. The third-order valence-corrected chi connectivity index (χ3v) is 4.65. The summed E-state index contributed by atoms with van der Waals surface area (Å²) in [7, 11) is 3.38. The molecule has 0 bridgehead atoms. The van der Waals surface area contributed by atoms with Gasteiger partial charge in [-0.1, -0.05) is 18.2 Å². The number of hydrogen-bond donors (Lipinski definition) is 1. The fraction of sp³-hybridized carbons (Fsp3) is 0.238. The number of ether oxygens (including phenoxy) is 3. The van der Waals surface area contributed by atoms with E-state index in [1.807, 2.05) is 42.5 Å². The molecular formula is C21H21N3O4. The van der Waals surface area contributed by atoms with Crippen LogP contribution in [0.5, 0.6) is 17.2 Å². The molecular weight excluding hydrogens is 358 g/mol. The first-order valence-corrected chi connectivity index (χ1v) is 8.98. The number of nitrogens with zero attached hydrogens (tertiary/aromatic N) is 2. The van der Waals surface area contributed by atoms with Gasteiger partial charge in [-0.25, -0.2) is 0 Å². The number of nitrogens with one attached hydrogen (secondary N) is 1. The minimum absolute atomic E-state index is 0.135. The SMILES string of the molecule is COc1ccccc1CN(C)C(=O)c1cn[nH]c1-c1ccc2c(c1)OCCO2. The van der Waals surface area contributed by atoms with Crippen molar-refractivity contribution in [3.8, 4) is 28.5 Å². The summed E-state index contributed by atoms with van der Waals surface area (Å²) in [6.45, 7) is 1.47. The standard InChI is InChI=1S/C21H21N3O4/c1-24(13-15-5-3-4-6-17(15)26-2)21(25)16-12-22-23-20(16)14-7-8-18-19(11-14)28-10-9-27-18/h3-8,11-12H,9-10,13H2,1-2H3,(H,22,23). The molecule has 2 aromatic carbocycles. The molecule has 1 aromatic heterocycles. The first kappa shape index (κ1) is 17.9. The van der Waals surface area contributed by atoms with Crippen molar-refractivity contribution < 1.29 is 19.0 Å². The van der Waals surface area contributed by atoms with E-state index >= 15 is 0 Å². The van der Waals surface area contributed by atoms with E-state index in [0.717, 1.165) is 16.9 Å². The van der Waals surface area contributed by atoms with Gasteiger partial charge in [0.1, 0.15) is 19.0 Å².